The smallest absolute Gasteiger partial charge is 0.240 e. The molecule has 106 valence electrons. The van der Waals surface area contributed by atoms with Gasteiger partial charge in [-0.3, -0.25) is 9.59 Å². The zero-order valence-electron chi connectivity index (χ0n) is 10.9. The molecule has 1 aromatic rings. The van der Waals surface area contributed by atoms with E-state index in [0.29, 0.717) is 17.2 Å². The standard InChI is InChI=1S/C15H11NO5/c17-14-12-9-3-4-10(21-9)13(12)15(18)16(14)7-1-2-8-11(5-7)20-6-19-8/h1-5,9-10,12-13H,6H2/t9-,10-,12+,13+/m1/s1. The second kappa shape index (κ2) is 3.65. The van der Waals surface area contributed by atoms with E-state index in [1.54, 1.807) is 18.2 Å². The molecule has 0 aliphatic carbocycles. The fourth-order valence-corrected chi connectivity index (χ4v) is 3.58. The maximum Gasteiger partial charge on any atom is 0.240 e. The topological polar surface area (TPSA) is 65.1 Å². The van der Waals surface area contributed by atoms with Crippen LogP contribution in [0.25, 0.3) is 0 Å². The minimum atomic E-state index is -0.391. The number of hydrogen-bond donors (Lipinski definition) is 0. The lowest BCUT2D eigenvalue weighted by molar-refractivity contribution is -0.124. The highest BCUT2D eigenvalue weighted by Gasteiger charge is 2.61. The van der Waals surface area contributed by atoms with Gasteiger partial charge >= 0.3 is 0 Å². The maximum atomic E-state index is 12.6. The normalized spacial score (nSPS) is 35.0. The van der Waals surface area contributed by atoms with Crippen LogP contribution in [0.15, 0.2) is 30.4 Å². The van der Waals surface area contributed by atoms with Crippen molar-refractivity contribution in [3.05, 3.63) is 30.4 Å². The van der Waals surface area contributed by atoms with E-state index in [0.717, 1.165) is 0 Å². The van der Waals surface area contributed by atoms with Gasteiger partial charge in [-0.05, 0) is 12.1 Å². The molecular weight excluding hydrogens is 274 g/mol. The summed E-state index contributed by atoms with van der Waals surface area (Å²) in [5.74, 6) is 0.0166. The summed E-state index contributed by atoms with van der Waals surface area (Å²) in [5, 5.41) is 0. The average molecular weight is 285 g/mol. The molecule has 1 aromatic carbocycles. The van der Waals surface area contributed by atoms with Crippen molar-refractivity contribution < 1.29 is 23.8 Å². The van der Waals surface area contributed by atoms with Gasteiger partial charge in [-0.1, -0.05) is 12.2 Å². The molecule has 4 aliphatic heterocycles. The van der Waals surface area contributed by atoms with E-state index < -0.39 is 11.8 Å². The van der Waals surface area contributed by atoms with Gasteiger partial charge in [-0.15, -0.1) is 0 Å². The first-order valence-electron chi connectivity index (χ1n) is 6.85. The fourth-order valence-electron chi connectivity index (χ4n) is 3.58. The molecule has 4 atom stereocenters. The first-order valence-corrected chi connectivity index (χ1v) is 6.85. The Morgan fingerprint density at radius 1 is 0.952 bits per heavy atom. The Balaban J connectivity index is 1.56. The molecule has 6 heteroatoms. The van der Waals surface area contributed by atoms with Crippen LogP contribution in [0.3, 0.4) is 0 Å². The van der Waals surface area contributed by atoms with Gasteiger partial charge in [0.25, 0.3) is 0 Å². The molecule has 2 saturated heterocycles. The summed E-state index contributed by atoms with van der Waals surface area (Å²) in [5.41, 5.74) is 0.531. The highest BCUT2D eigenvalue weighted by molar-refractivity contribution is 6.23. The monoisotopic (exact) mass is 285 g/mol. The molecule has 2 fully saturated rings. The third kappa shape index (κ3) is 1.30. The van der Waals surface area contributed by atoms with E-state index >= 15 is 0 Å². The minimum absolute atomic E-state index is 0.161. The van der Waals surface area contributed by atoms with Crippen LogP contribution in [-0.2, 0) is 14.3 Å². The summed E-state index contributed by atoms with van der Waals surface area (Å²) in [6, 6.07) is 5.10. The summed E-state index contributed by atoms with van der Waals surface area (Å²) >= 11 is 0. The Kier molecular flexibility index (Phi) is 1.97. The van der Waals surface area contributed by atoms with Crippen molar-refractivity contribution in [1.29, 1.82) is 0 Å². The molecule has 0 saturated carbocycles. The third-order valence-electron chi connectivity index (χ3n) is 4.52. The first-order chi connectivity index (χ1) is 10.2. The van der Waals surface area contributed by atoms with E-state index in [1.165, 1.54) is 4.90 Å². The lowest BCUT2D eigenvalue weighted by Gasteiger charge is -2.17. The Morgan fingerprint density at radius 3 is 2.33 bits per heavy atom. The summed E-state index contributed by atoms with van der Waals surface area (Å²) in [6.45, 7) is 0.161. The van der Waals surface area contributed by atoms with Gasteiger partial charge < -0.3 is 14.2 Å². The minimum Gasteiger partial charge on any atom is -0.454 e. The SMILES string of the molecule is O=C1[C@@H]2[C@@H](C(=O)N1c1ccc3c(c1)OCO3)[C@H]1C=C[C@H]2O1. The molecule has 0 radical (unpaired) electrons. The van der Waals surface area contributed by atoms with Crippen molar-refractivity contribution in [3.63, 3.8) is 0 Å². The predicted octanol–water partition coefficient (Wildman–Crippen LogP) is 0.858. The van der Waals surface area contributed by atoms with Crippen molar-refractivity contribution in [3.8, 4) is 11.5 Å². The van der Waals surface area contributed by atoms with Crippen molar-refractivity contribution in [1.82, 2.24) is 0 Å². The molecule has 5 rings (SSSR count). The van der Waals surface area contributed by atoms with Crippen molar-refractivity contribution >= 4 is 17.5 Å². The van der Waals surface area contributed by atoms with Crippen molar-refractivity contribution in [2.75, 3.05) is 11.7 Å². The van der Waals surface area contributed by atoms with Crippen LogP contribution >= 0.6 is 0 Å². The van der Waals surface area contributed by atoms with Crippen LogP contribution in [0, 0.1) is 11.8 Å². The summed E-state index contributed by atoms with van der Waals surface area (Å²) in [7, 11) is 0. The van der Waals surface area contributed by atoms with E-state index in [-0.39, 0.29) is 30.8 Å². The number of rotatable bonds is 1. The van der Waals surface area contributed by atoms with E-state index in [9.17, 15) is 9.59 Å². The van der Waals surface area contributed by atoms with Crippen molar-refractivity contribution in [2.24, 2.45) is 11.8 Å². The first kappa shape index (κ1) is 11.3. The number of carbonyl (C=O) groups excluding carboxylic acids is 2. The lowest BCUT2D eigenvalue weighted by Crippen LogP contribution is -2.34. The van der Waals surface area contributed by atoms with Crippen LogP contribution in [0.2, 0.25) is 0 Å². The number of ether oxygens (including phenoxy) is 3. The predicted molar refractivity (Wildman–Crippen MR) is 69.8 cm³/mol. The molecular formula is C15H11NO5. The largest absolute Gasteiger partial charge is 0.454 e. The van der Waals surface area contributed by atoms with Gasteiger partial charge in [0.2, 0.25) is 18.6 Å². The van der Waals surface area contributed by atoms with E-state index in [2.05, 4.69) is 0 Å². The number of benzene rings is 1. The molecule has 0 spiro atoms. The van der Waals surface area contributed by atoms with Gasteiger partial charge in [0.15, 0.2) is 11.5 Å². The quantitative estimate of drug-likeness (QED) is 0.565. The Morgan fingerprint density at radius 2 is 1.62 bits per heavy atom. The molecule has 21 heavy (non-hydrogen) atoms. The molecule has 0 aromatic heterocycles. The zero-order chi connectivity index (χ0) is 14.1. The Hall–Kier alpha value is -2.34. The number of fused-ring (bicyclic) bond motifs is 6. The van der Waals surface area contributed by atoms with Crippen LogP contribution in [0.5, 0.6) is 11.5 Å². The zero-order valence-corrected chi connectivity index (χ0v) is 10.9. The Labute approximate surface area is 119 Å². The molecule has 0 unspecified atom stereocenters. The highest BCUT2D eigenvalue weighted by atomic mass is 16.7. The number of carbonyl (C=O) groups is 2. The molecule has 4 heterocycles. The number of hydrogen-bond acceptors (Lipinski definition) is 5. The number of amides is 2. The second-order valence-corrected chi connectivity index (χ2v) is 5.55. The van der Waals surface area contributed by atoms with E-state index in [4.69, 9.17) is 14.2 Å². The van der Waals surface area contributed by atoms with Gasteiger partial charge in [-0.2, -0.15) is 0 Å². The van der Waals surface area contributed by atoms with Crippen LogP contribution < -0.4 is 14.4 Å². The molecule has 2 amide bonds. The molecule has 0 N–H and O–H groups in total. The van der Waals surface area contributed by atoms with Gasteiger partial charge in [0, 0.05) is 6.07 Å². The molecule has 2 bridgehead atoms. The van der Waals surface area contributed by atoms with Crippen LogP contribution in [0.4, 0.5) is 5.69 Å². The average Bonchev–Trinajstić information content (AvgIpc) is 3.22. The molecule has 4 aliphatic rings. The number of nitrogens with zero attached hydrogens (tertiary/aromatic N) is 1. The Bertz CT molecular complexity index is 682. The highest BCUT2D eigenvalue weighted by Crippen LogP contribution is 2.47. The summed E-state index contributed by atoms with van der Waals surface area (Å²) in [6.07, 6.45) is 3.21. The summed E-state index contributed by atoms with van der Waals surface area (Å²) in [4.78, 5) is 26.5. The van der Waals surface area contributed by atoms with Gasteiger partial charge in [0.1, 0.15) is 0 Å². The molecule has 6 nitrogen and oxygen atoms in total. The van der Waals surface area contributed by atoms with Crippen molar-refractivity contribution in [2.45, 2.75) is 12.2 Å². The second-order valence-electron chi connectivity index (χ2n) is 5.55. The van der Waals surface area contributed by atoms with Crippen LogP contribution in [0.1, 0.15) is 0 Å². The van der Waals surface area contributed by atoms with E-state index in [1.807, 2.05) is 12.2 Å². The lowest BCUT2D eigenvalue weighted by atomic mass is 9.85. The maximum absolute atomic E-state index is 12.6. The van der Waals surface area contributed by atoms with Gasteiger partial charge in [0.05, 0.1) is 29.7 Å². The van der Waals surface area contributed by atoms with Gasteiger partial charge in [-0.25, -0.2) is 4.90 Å². The van der Waals surface area contributed by atoms with Crippen LogP contribution in [-0.4, -0.2) is 30.8 Å². The number of imide groups is 1. The third-order valence-corrected chi connectivity index (χ3v) is 4.52. The fraction of sp³-hybridized carbons (Fsp3) is 0.333. The number of anilines is 1. The summed E-state index contributed by atoms with van der Waals surface area (Å²) < 4.78 is 16.2.